The Kier molecular flexibility index (Phi) is 16.8. The highest BCUT2D eigenvalue weighted by molar-refractivity contribution is 9.11. The van der Waals surface area contributed by atoms with Crippen LogP contribution >= 0.6 is 38.9 Å². The fourth-order valence-electron chi connectivity index (χ4n) is 4.97. The van der Waals surface area contributed by atoms with Gasteiger partial charge in [0, 0.05) is 42.7 Å². The molecule has 0 amide bonds. The van der Waals surface area contributed by atoms with Crippen molar-refractivity contribution in [2.24, 2.45) is 0 Å². The minimum Gasteiger partial charge on any atom is -0.379 e. The Bertz CT molecular complexity index is 988. The topological polar surface area (TPSA) is 46.2 Å². The second-order valence-electron chi connectivity index (χ2n) is 10.8. The molecule has 8 heteroatoms. The molecule has 0 radical (unpaired) electrons. The molecule has 5 atom stereocenters. The quantitative estimate of drug-likeness (QED) is 0.131. The summed E-state index contributed by atoms with van der Waals surface area (Å²) in [5.74, 6) is 0. The van der Waals surface area contributed by atoms with Crippen molar-refractivity contribution in [1.29, 1.82) is 0 Å². The lowest BCUT2D eigenvalue weighted by Crippen LogP contribution is -2.58. The van der Waals surface area contributed by atoms with Crippen molar-refractivity contribution < 1.29 is 23.7 Å². The summed E-state index contributed by atoms with van der Waals surface area (Å²) in [5, 5.41) is 0.758. The number of thiophene rings is 1. The SMILES string of the molecule is CCCCOC[C@H]1O[C@@H](c2ccc(Cl)c(Cc3ccc(Br)s3)c2)[C@H](OCCCC)[C@@H](OCCCC)[C@@H]1OCCCC. The maximum atomic E-state index is 6.92. The molecule has 0 bridgehead atoms. The number of benzene rings is 1. The molecular weight excluding hydrogens is 624 g/mol. The summed E-state index contributed by atoms with van der Waals surface area (Å²) in [6.07, 6.45) is 7.62. The van der Waals surface area contributed by atoms with Gasteiger partial charge in [-0.2, -0.15) is 0 Å². The van der Waals surface area contributed by atoms with Crippen molar-refractivity contribution in [1.82, 2.24) is 0 Å². The second-order valence-corrected chi connectivity index (χ2v) is 13.8. The highest BCUT2D eigenvalue weighted by Crippen LogP contribution is 2.39. The summed E-state index contributed by atoms with van der Waals surface area (Å²) in [6.45, 7) is 11.9. The summed E-state index contributed by atoms with van der Waals surface area (Å²) in [7, 11) is 0. The van der Waals surface area contributed by atoms with Crippen LogP contribution < -0.4 is 0 Å². The van der Waals surface area contributed by atoms with Gasteiger partial charge in [-0.1, -0.05) is 77.1 Å². The fraction of sp³-hybridized carbons (Fsp3) is 0.697. The van der Waals surface area contributed by atoms with E-state index in [0.717, 1.165) is 77.7 Å². The monoisotopic (exact) mass is 672 g/mol. The van der Waals surface area contributed by atoms with Crippen LogP contribution in [0.25, 0.3) is 0 Å². The van der Waals surface area contributed by atoms with Crippen LogP contribution in [0.5, 0.6) is 0 Å². The van der Waals surface area contributed by atoms with E-state index in [0.29, 0.717) is 33.0 Å². The van der Waals surface area contributed by atoms with Crippen LogP contribution in [0, 0.1) is 0 Å². The van der Waals surface area contributed by atoms with Gasteiger partial charge in [-0.15, -0.1) is 11.3 Å². The molecule has 1 aromatic carbocycles. The third kappa shape index (κ3) is 11.2. The number of ether oxygens (including phenoxy) is 5. The molecule has 3 rings (SSSR count). The minimum atomic E-state index is -0.324. The van der Waals surface area contributed by atoms with Gasteiger partial charge in [-0.3, -0.25) is 0 Å². The first-order valence-corrected chi connectivity index (χ1v) is 17.6. The minimum absolute atomic E-state index is 0.263. The van der Waals surface area contributed by atoms with Crippen molar-refractivity contribution in [2.75, 3.05) is 33.0 Å². The molecule has 0 unspecified atom stereocenters. The molecule has 0 aliphatic carbocycles. The van der Waals surface area contributed by atoms with Gasteiger partial charge in [0.15, 0.2) is 0 Å². The molecule has 0 saturated carbocycles. The van der Waals surface area contributed by atoms with Gasteiger partial charge < -0.3 is 23.7 Å². The van der Waals surface area contributed by atoms with E-state index in [2.05, 4.69) is 67.9 Å². The lowest BCUT2D eigenvalue weighted by Gasteiger charge is -2.46. The van der Waals surface area contributed by atoms with Gasteiger partial charge in [-0.25, -0.2) is 0 Å². The van der Waals surface area contributed by atoms with Crippen molar-refractivity contribution in [3.8, 4) is 0 Å². The van der Waals surface area contributed by atoms with E-state index in [1.165, 1.54) is 4.88 Å². The Morgan fingerprint density at radius 2 is 1.39 bits per heavy atom. The largest absolute Gasteiger partial charge is 0.379 e. The van der Waals surface area contributed by atoms with Gasteiger partial charge in [0.05, 0.1) is 10.4 Å². The first-order valence-electron chi connectivity index (χ1n) is 15.6. The zero-order chi connectivity index (χ0) is 29.5. The van der Waals surface area contributed by atoms with E-state index < -0.39 is 0 Å². The van der Waals surface area contributed by atoms with Crippen molar-refractivity contribution >= 4 is 38.9 Å². The van der Waals surface area contributed by atoms with Gasteiger partial charge in [0.1, 0.15) is 30.5 Å². The molecule has 5 nitrogen and oxygen atoms in total. The first-order chi connectivity index (χ1) is 20.0. The highest BCUT2D eigenvalue weighted by Gasteiger charge is 2.48. The number of rotatable bonds is 20. The maximum absolute atomic E-state index is 6.92. The molecule has 0 spiro atoms. The van der Waals surface area contributed by atoms with Crippen LogP contribution in [0.4, 0.5) is 0 Å². The standard InChI is InChI=1S/C33H50BrClO5S/c1-5-9-17-36-23-28-31(37-18-10-6-2)33(39-20-12-8-4)32(38-19-11-7-3)30(40-28)24-13-15-27(35)25(21-24)22-26-14-16-29(34)41-26/h13-16,21,28,30-33H,5-12,17-20,22-23H2,1-4H3/t28-,30+,31-,32+,33+/m1/s1. The Balaban J connectivity index is 1.97. The second kappa shape index (κ2) is 19.7. The Hall–Kier alpha value is -0.510. The van der Waals surface area contributed by atoms with E-state index in [1.807, 2.05) is 6.07 Å². The number of halogens is 2. The van der Waals surface area contributed by atoms with Crippen molar-refractivity contribution in [3.05, 3.63) is 55.1 Å². The van der Waals surface area contributed by atoms with E-state index in [4.69, 9.17) is 35.3 Å². The molecule has 1 fully saturated rings. The predicted octanol–water partition coefficient (Wildman–Crippen LogP) is 9.57. The third-order valence-corrected chi connectivity index (χ3v) is 9.37. The van der Waals surface area contributed by atoms with E-state index in [-0.39, 0.29) is 30.5 Å². The summed E-state index contributed by atoms with van der Waals surface area (Å²) < 4.78 is 34.0. The van der Waals surface area contributed by atoms with E-state index in [1.54, 1.807) is 11.3 Å². The van der Waals surface area contributed by atoms with Crippen LogP contribution in [0.1, 0.15) is 101 Å². The Morgan fingerprint density at radius 3 is 2.00 bits per heavy atom. The summed E-state index contributed by atoms with van der Waals surface area (Å²) in [4.78, 5) is 1.25. The summed E-state index contributed by atoms with van der Waals surface area (Å²) in [5.41, 5.74) is 2.13. The maximum Gasteiger partial charge on any atom is 0.117 e. The Morgan fingerprint density at radius 1 is 0.780 bits per heavy atom. The first kappa shape index (κ1) is 35.0. The number of hydrogen-bond acceptors (Lipinski definition) is 6. The zero-order valence-corrected chi connectivity index (χ0v) is 28.5. The molecule has 1 aromatic heterocycles. The zero-order valence-electron chi connectivity index (χ0n) is 25.4. The average molecular weight is 674 g/mol. The smallest absolute Gasteiger partial charge is 0.117 e. The van der Waals surface area contributed by atoms with Crippen LogP contribution in [0.2, 0.25) is 5.02 Å². The fourth-order valence-corrected chi connectivity index (χ4v) is 6.66. The molecular formula is C33H50BrClO5S. The van der Waals surface area contributed by atoms with Gasteiger partial charge in [-0.05, 0) is 70.9 Å². The molecule has 0 N–H and O–H groups in total. The molecule has 2 heterocycles. The number of hydrogen-bond donors (Lipinski definition) is 0. The molecule has 1 aliphatic heterocycles. The van der Waals surface area contributed by atoms with Crippen molar-refractivity contribution in [3.63, 3.8) is 0 Å². The highest BCUT2D eigenvalue weighted by atomic mass is 79.9. The van der Waals surface area contributed by atoms with Crippen LogP contribution in [0.3, 0.4) is 0 Å². The predicted molar refractivity (Wildman–Crippen MR) is 174 cm³/mol. The molecule has 41 heavy (non-hydrogen) atoms. The summed E-state index contributed by atoms with van der Waals surface area (Å²) >= 11 is 12.0. The average Bonchev–Trinajstić information content (AvgIpc) is 3.38. The van der Waals surface area contributed by atoms with Gasteiger partial charge in [0.2, 0.25) is 0 Å². The van der Waals surface area contributed by atoms with E-state index in [9.17, 15) is 0 Å². The molecule has 1 aliphatic rings. The normalized spacial score (nSPS) is 22.8. The summed E-state index contributed by atoms with van der Waals surface area (Å²) in [6, 6.07) is 10.5. The lowest BCUT2D eigenvalue weighted by atomic mass is 9.89. The molecule has 2 aromatic rings. The lowest BCUT2D eigenvalue weighted by molar-refractivity contribution is -0.268. The van der Waals surface area contributed by atoms with Crippen molar-refractivity contribution in [2.45, 2.75) is 116 Å². The van der Waals surface area contributed by atoms with Gasteiger partial charge in [0.25, 0.3) is 0 Å². The van der Waals surface area contributed by atoms with Gasteiger partial charge >= 0.3 is 0 Å². The Labute approximate surface area is 265 Å². The van der Waals surface area contributed by atoms with Crippen LogP contribution in [-0.4, -0.2) is 57.5 Å². The van der Waals surface area contributed by atoms with Crippen LogP contribution in [0.15, 0.2) is 34.1 Å². The molecule has 232 valence electrons. The number of unbranched alkanes of at least 4 members (excludes halogenated alkanes) is 4. The van der Waals surface area contributed by atoms with E-state index >= 15 is 0 Å². The third-order valence-electron chi connectivity index (χ3n) is 7.37. The van der Waals surface area contributed by atoms with Crippen LogP contribution in [-0.2, 0) is 30.1 Å². The molecule has 1 saturated heterocycles.